The summed E-state index contributed by atoms with van der Waals surface area (Å²) in [6.07, 6.45) is 4.26. The Balaban J connectivity index is 2.31. The van der Waals surface area contributed by atoms with Gasteiger partial charge in [0, 0.05) is 18.9 Å². The molecule has 2 unspecified atom stereocenters. The zero-order chi connectivity index (χ0) is 11.3. The van der Waals surface area contributed by atoms with E-state index in [2.05, 4.69) is 26.1 Å². The summed E-state index contributed by atoms with van der Waals surface area (Å²) in [4.78, 5) is 11.9. The van der Waals surface area contributed by atoms with Gasteiger partial charge in [-0.05, 0) is 37.6 Å². The summed E-state index contributed by atoms with van der Waals surface area (Å²) in [5, 5.41) is 3.22. The van der Waals surface area contributed by atoms with Crippen molar-refractivity contribution >= 4 is 5.78 Å². The molecule has 1 saturated carbocycles. The minimum absolute atomic E-state index is 0.349. The van der Waals surface area contributed by atoms with Crippen molar-refractivity contribution in [3.05, 3.63) is 0 Å². The second-order valence-corrected chi connectivity index (χ2v) is 5.18. The van der Waals surface area contributed by atoms with E-state index >= 15 is 0 Å². The smallest absolute Gasteiger partial charge is 0.137 e. The van der Waals surface area contributed by atoms with Crippen LogP contribution in [-0.2, 0) is 4.79 Å². The van der Waals surface area contributed by atoms with Gasteiger partial charge in [-0.1, -0.05) is 20.8 Å². The van der Waals surface area contributed by atoms with Crippen molar-refractivity contribution in [2.75, 3.05) is 13.1 Å². The molecule has 1 rings (SSSR count). The maximum atomic E-state index is 11.9. The van der Waals surface area contributed by atoms with Crippen LogP contribution < -0.4 is 5.32 Å². The van der Waals surface area contributed by atoms with Crippen molar-refractivity contribution in [3.63, 3.8) is 0 Å². The van der Waals surface area contributed by atoms with Crippen molar-refractivity contribution in [3.8, 4) is 0 Å². The summed E-state index contributed by atoms with van der Waals surface area (Å²) in [6, 6.07) is 0. The van der Waals surface area contributed by atoms with E-state index in [0.29, 0.717) is 11.7 Å². The maximum absolute atomic E-state index is 11.9. The average molecular weight is 211 g/mol. The molecule has 2 heteroatoms. The van der Waals surface area contributed by atoms with Gasteiger partial charge >= 0.3 is 0 Å². The van der Waals surface area contributed by atoms with Gasteiger partial charge < -0.3 is 5.32 Å². The zero-order valence-corrected chi connectivity index (χ0v) is 10.4. The molecular formula is C13H25NO. The molecule has 2 atom stereocenters. The fourth-order valence-corrected chi connectivity index (χ4v) is 2.80. The highest BCUT2D eigenvalue weighted by molar-refractivity contribution is 5.81. The Bertz CT molecular complexity index is 193. The van der Waals surface area contributed by atoms with Crippen molar-refractivity contribution in [2.24, 2.45) is 17.8 Å². The van der Waals surface area contributed by atoms with Gasteiger partial charge in [-0.2, -0.15) is 0 Å². The predicted molar refractivity (Wildman–Crippen MR) is 63.8 cm³/mol. The summed E-state index contributed by atoms with van der Waals surface area (Å²) in [5.41, 5.74) is 0. The van der Waals surface area contributed by atoms with Crippen LogP contribution in [0.2, 0.25) is 0 Å². The predicted octanol–water partition coefficient (Wildman–Crippen LogP) is 2.63. The lowest BCUT2D eigenvalue weighted by atomic mass is 9.74. The van der Waals surface area contributed by atoms with Crippen LogP contribution >= 0.6 is 0 Å². The molecule has 2 nitrogen and oxygen atoms in total. The average Bonchev–Trinajstić information content (AvgIpc) is 2.16. The summed E-state index contributed by atoms with van der Waals surface area (Å²) in [5.74, 6) is 2.31. The Kier molecular flexibility index (Phi) is 5.30. The first-order chi connectivity index (χ1) is 7.13. The SMILES string of the molecule is CCNCCC(=O)C1CC(C)CC(C)C1. The quantitative estimate of drug-likeness (QED) is 0.708. The number of nitrogens with one attached hydrogen (secondary N) is 1. The van der Waals surface area contributed by atoms with Crippen LogP contribution in [0.3, 0.4) is 0 Å². The largest absolute Gasteiger partial charge is 0.317 e. The number of hydrogen-bond acceptors (Lipinski definition) is 2. The molecule has 1 N–H and O–H groups in total. The highest BCUT2D eigenvalue weighted by Crippen LogP contribution is 2.33. The lowest BCUT2D eigenvalue weighted by molar-refractivity contribution is -0.124. The van der Waals surface area contributed by atoms with Gasteiger partial charge in [0.25, 0.3) is 0 Å². The molecule has 0 aromatic heterocycles. The minimum atomic E-state index is 0.349. The third-order valence-electron chi connectivity index (χ3n) is 3.43. The van der Waals surface area contributed by atoms with E-state index in [1.807, 2.05) is 0 Å². The Morgan fingerprint density at radius 1 is 1.20 bits per heavy atom. The summed E-state index contributed by atoms with van der Waals surface area (Å²) < 4.78 is 0. The van der Waals surface area contributed by atoms with Gasteiger partial charge in [0.05, 0.1) is 0 Å². The summed E-state index contributed by atoms with van der Waals surface area (Å²) in [6.45, 7) is 8.45. The van der Waals surface area contributed by atoms with Gasteiger partial charge in [0.15, 0.2) is 0 Å². The van der Waals surface area contributed by atoms with Crippen LogP contribution in [-0.4, -0.2) is 18.9 Å². The molecule has 0 heterocycles. The third-order valence-corrected chi connectivity index (χ3v) is 3.43. The number of carbonyl (C=O) groups excluding carboxylic acids is 1. The lowest BCUT2D eigenvalue weighted by Crippen LogP contribution is -2.28. The molecule has 1 aliphatic rings. The molecule has 1 aliphatic carbocycles. The van der Waals surface area contributed by atoms with Gasteiger partial charge in [-0.15, -0.1) is 0 Å². The van der Waals surface area contributed by atoms with E-state index in [-0.39, 0.29) is 0 Å². The van der Waals surface area contributed by atoms with E-state index in [0.717, 1.165) is 44.2 Å². The second kappa shape index (κ2) is 6.26. The van der Waals surface area contributed by atoms with Crippen LogP contribution in [0, 0.1) is 17.8 Å². The molecule has 0 radical (unpaired) electrons. The van der Waals surface area contributed by atoms with Gasteiger partial charge in [0.1, 0.15) is 5.78 Å². The molecule has 0 aromatic rings. The van der Waals surface area contributed by atoms with Crippen molar-refractivity contribution < 1.29 is 4.79 Å². The van der Waals surface area contributed by atoms with E-state index < -0.39 is 0 Å². The number of rotatable bonds is 5. The molecule has 0 saturated heterocycles. The standard InChI is InChI=1S/C13H25NO/c1-4-14-6-5-13(15)12-8-10(2)7-11(3)9-12/h10-12,14H,4-9H2,1-3H3. The van der Waals surface area contributed by atoms with Crippen LogP contribution in [0.4, 0.5) is 0 Å². The Morgan fingerprint density at radius 2 is 1.80 bits per heavy atom. The van der Waals surface area contributed by atoms with E-state index in [9.17, 15) is 4.79 Å². The number of hydrogen-bond donors (Lipinski definition) is 1. The third kappa shape index (κ3) is 4.33. The first-order valence-electron chi connectivity index (χ1n) is 6.36. The Morgan fingerprint density at radius 3 is 2.33 bits per heavy atom. The maximum Gasteiger partial charge on any atom is 0.137 e. The minimum Gasteiger partial charge on any atom is -0.317 e. The van der Waals surface area contributed by atoms with Gasteiger partial charge in [-0.3, -0.25) is 4.79 Å². The highest BCUT2D eigenvalue weighted by atomic mass is 16.1. The summed E-state index contributed by atoms with van der Waals surface area (Å²) >= 11 is 0. The molecule has 88 valence electrons. The van der Waals surface area contributed by atoms with Crippen molar-refractivity contribution in [2.45, 2.75) is 46.5 Å². The molecule has 1 fully saturated rings. The molecular weight excluding hydrogens is 186 g/mol. The normalized spacial score (nSPS) is 31.5. The molecule has 15 heavy (non-hydrogen) atoms. The highest BCUT2D eigenvalue weighted by Gasteiger charge is 2.28. The zero-order valence-electron chi connectivity index (χ0n) is 10.4. The number of ketones is 1. The van der Waals surface area contributed by atoms with Crippen LogP contribution in [0.5, 0.6) is 0 Å². The monoisotopic (exact) mass is 211 g/mol. The molecule has 0 spiro atoms. The topological polar surface area (TPSA) is 29.1 Å². The van der Waals surface area contributed by atoms with E-state index in [1.165, 1.54) is 6.42 Å². The first-order valence-corrected chi connectivity index (χ1v) is 6.36. The fourth-order valence-electron chi connectivity index (χ4n) is 2.80. The van der Waals surface area contributed by atoms with Crippen LogP contribution in [0.25, 0.3) is 0 Å². The Hall–Kier alpha value is -0.370. The lowest BCUT2D eigenvalue weighted by Gasteiger charge is -2.30. The summed E-state index contributed by atoms with van der Waals surface area (Å²) in [7, 11) is 0. The Labute approximate surface area is 93.8 Å². The van der Waals surface area contributed by atoms with Gasteiger partial charge in [0.2, 0.25) is 0 Å². The van der Waals surface area contributed by atoms with Gasteiger partial charge in [-0.25, -0.2) is 0 Å². The number of carbonyl (C=O) groups is 1. The van der Waals surface area contributed by atoms with Crippen LogP contribution in [0.15, 0.2) is 0 Å². The molecule has 0 bridgehead atoms. The van der Waals surface area contributed by atoms with E-state index in [4.69, 9.17) is 0 Å². The van der Waals surface area contributed by atoms with Crippen LogP contribution in [0.1, 0.15) is 46.5 Å². The van der Waals surface area contributed by atoms with Crippen molar-refractivity contribution in [1.82, 2.24) is 5.32 Å². The van der Waals surface area contributed by atoms with E-state index in [1.54, 1.807) is 0 Å². The molecule has 0 amide bonds. The van der Waals surface area contributed by atoms with Crippen molar-refractivity contribution in [1.29, 1.82) is 0 Å². The first kappa shape index (κ1) is 12.7. The number of Topliss-reactive ketones (excluding diaryl/α,β-unsaturated/α-hetero) is 1. The second-order valence-electron chi connectivity index (χ2n) is 5.18. The molecule has 0 aliphatic heterocycles. The molecule has 0 aromatic carbocycles. The fraction of sp³-hybridized carbons (Fsp3) is 0.923.